The Morgan fingerprint density at radius 1 is 0.597 bits per heavy atom. The van der Waals surface area contributed by atoms with Gasteiger partial charge < -0.3 is 58.7 Å². The lowest BCUT2D eigenvalue weighted by molar-refractivity contribution is -0.135. The van der Waals surface area contributed by atoms with E-state index >= 15 is 0 Å². The highest BCUT2D eigenvalue weighted by Gasteiger charge is 2.32. The maximum atomic E-state index is 14.2. The molecule has 0 bridgehead atoms. The van der Waals surface area contributed by atoms with E-state index in [1.165, 1.54) is 0 Å². The predicted molar refractivity (Wildman–Crippen MR) is 233 cm³/mol. The van der Waals surface area contributed by atoms with Gasteiger partial charge in [-0.25, -0.2) is 0 Å². The number of aliphatic hydroxyl groups is 1. The van der Waals surface area contributed by atoms with Crippen molar-refractivity contribution in [3.8, 4) is 0 Å². The molecule has 5 atom stereocenters. The molecule has 19 nitrogen and oxygen atoms in total. The molecule has 0 fully saturated rings. The standard InChI is InChI=1S/C43H59N11O8/c1-46-43(54(2)3)47-21-13-20-31(39(59)51-32(38(45)58)22-28-14-7-4-8-15-28)50-41(61)34(24-30-18-11-6-12-19-30)52-42(62)35(27-55)53-40(60)33(23-29-16-9-5-10-17-29)49-37(57)26-48-36(56)25-44/h4-12,14-19,31-35,55H,13,20-27,44H2,1-3H3,(H2,45,58)(H,46,47)(H,48,56)(H,49,57)(H,50,61)(H,51,59)(H,52,62)(H,53,60)/t31-,32-,33-,34-,35-/m0/s1. The largest absolute Gasteiger partial charge is 0.394 e. The van der Waals surface area contributed by atoms with Gasteiger partial charge in [0.15, 0.2) is 5.96 Å². The van der Waals surface area contributed by atoms with Gasteiger partial charge in [0.2, 0.25) is 41.4 Å². The quantitative estimate of drug-likeness (QED) is 0.0258. The Kier molecular flexibility index (Phi) is 21.1. The molecule has 7 amide bonds. The molecule has 0 unspecified atom stereocenters. The summed E-state index contributed by atoms with van der Waals surface area (Å²) in [7, 11) is 5.24. The van der Waals surface area contributed by atoms with Crippen LogP contribution in [0.2, 0.25) is 0 Å². The van der Waals surface area contributed by atoms with Crippen LogP contribution in [0.1, 0.15) is 29.5 Å². The fraction of sp³-hybridized carbons (Fsp3) is 0.395. The maximum absolute atomic E-state index is 14.2. The van der Waals surface area contributed by atoms with E-state index in [1.54, 1.807) is 96.9 Å². The van der Waals surface area contributed by atoms with Crippen molar-refractivity contribution in [1.82, 2.24) is 42.1 Å². The second-order valence-corrected chi connectivity index (χ2v) is 14.5. The SMILES string of the molecule is CN=C(NCCC[C@H](NC(=O)[C@H](Cc1ccccc1)NC(=O)[C@H](CO)NC(=O)[C@H](Cc1ccccc1)NC(=O)CNC(=O)CN)C(=O)N[C@@H](Cc1ccccc1)C(N)=O)N(C)C. The fourth-order valence-corrected chi connectivity index (χ4v) is 6.18. The molecule has 334 valence electrons. The molecule has 0 heterocycles. The lowest BCUT2D eigenvalue weighted by atomic mass is 10.0. The summed E-state index contributed by atoms with van der Waals surface area (Å²) in [5.41, 5.74) is 13.1. The molecule has 0 aliphatic rings. The molecule has 3 aromatic rings. The molecule has 0 radical (unpaired) electrons. The molecule has 19 heteroatoms. The molecule has 0 saturated heterocycles. The minimum Gasteiger partial charge on any atom is -0.394 e. The van der Waals surface area contributed by atoms with Crippen LogP contribution in [-0.2, 0) is 52.8 Å². The fourth-order valence-electron chi connectivity index (χ4n) is 6.18. The van der Waals surface area contributed by atoms with E-state index in [0.29, 0.717) is 30.1 Å². The average Bonchev–Trinajstić information content (AvgIpc) is 3.26. The molecule has 0 aromatic heterocycles. The zero-order chi connectivity index (χ0) is 45.4. The number of benzene rings is 3. The van der Waals surface area contributed by atoms with Crippen molar-refractivity contribution in [3.05, 3.63) is 108 Å². The summed E-state index contributed by atoms with van der Waals surface area (Å²) in [4.78, 5) is 98.5. The summed E-state index contributed by atoms with van der Waals surface area (Å²) in [6.07, 6.45) is 0.492. The number of carbonyl (C=O) groups excluding carboxylic acids is 7. The van der Waals surface area contributed by atoms with Gasteiger partial charge in [-0.05, 0) is 29.5 Å². The predicted octanol–water partition coefficient (Wildman–Crippen LogP) is -2.39. The van der Waals surface area contributed by atoms with Gasteiger partial charge >= 0.3 is 0 Å². The molecule has 0 aliphatic heterocycles. The van der Waals surface area contributed by atoms with Gasteiger partial charge in [0.25, 0.3) is 0 Å². The highest BCUT2D eigenvalue weighted by molar-refractivity contribution is 5.97. The minimum atomic E-state index is -1.59. The van der Waals surface area contributed by atoms with Crippen molar-refractivity contribution in [1.29, 1.82) is 0 Å². The zero-order valence-corrected chi connectivity index (χ0v) is 35.3. The molecule has 0 spiro atoms. The Balaban J connectivity index is 1.85. The third-order valence-corrected chi connectivity index (χ3v) is 9.46. The van der Waals surface area contributed by atoms with Crippen LogP contribution in [0.25, 0.3) is 0 Å². The zero-order valence-electron chi connectivity index (χ0n) is 35.3. The third-order valence-electron chi connectivity index (χ3n) is 9.46. The number of amides is 7. The van der Waals surface area contributed by atoms with Crippen molar-refractivity contribution < 1.29 is 38.7 Å². The molecule has 0 saturated carbocycles. The first-order valence-corrected chi connectivity index (χ1v) is 20.1. The van der Waals surface area contributed by atoms with Gasteiger partial charge in [0.1, 0.15) is 30.2 Å². The number of aliphatic hydroxyl groups excluding tert-OH is 1. The van der Waals surface area contributed by atoms with E-state index in [-0.39, 0.29) is 32.2 Å². The van der Waals surface area contributed by atoms with Gasteiger partial charge in [-0.3, -0.25) is 38.6 Å². The van der Waals surface area contributed by atoms with Gasteiger partial charge in [0, 0.05) is 47.0 Å². The van der Waals surface area contributed by atoms with Crippen LogP contribution >= 0.6 is 0 Å². The smallest absolute Gasteiger partial charge is 0.245 e. The van der Waals surface area contributed by atoms with Crippen molar-refractivity contribution in [2.45, 2.75) is 62.3 Å². The van der Waals surface area contributed by atoms with Crippen LogP contribution in [0.3, 0.4) is 0 Å². The van der Waals surface area contributed by atoms with Crippen LogP contribution in [0, 0.1) is 0 Å². The summed E-state index contributed by atoms with van der Waals surface area (Å²) in [5, 5.41) is 28.9. The van der Waals surface area contributed by atoms with Gasteiger partial charge in [-0.15, -0.1) is 0 Å². The number of nitrogens with two attached hydrogens (primary N) is 2. The van der Waals surface area contributed by atoms with Gasteiger partial charge in [0.05, 0.1) is 19.7 Å². The Morgan fingerprint density at radius 2 is 1.02 bits per heavy atom. The van der Waals surface area contributed by atoms with Crippen LogP contribution in [0.4, 0.5) is 0 Å². The van der Waals surface area contributed by atoms with E-state index in [2.05, 4.69) is 42.2 Å². The molecule has 12 N–H and O–H groups in total. The topological polar surface area (TPSA) is 292 Å². The first-order valence-electron chi connectivity index (χ1n) is 20.1. The van der Waals surface area contributed by atoms with Crippen molar-refractivity contribution in [2.24, 2.45) is 16.5 Å². The van der Waals surface area contributed by atoms with E-state index in [0.717, 1.165) is 5.56 Å². The second kappa shape index (κ2) is 26.4. The number of nitrogens with one attached hydrogen (secondary N) is 7. The maximum Gasteiger partial charge on any atom is 0.245 e. The molecular formula is C43H59N11O8. The van der Waals surface area contributed by atoms with Gasteiger partial charge in [-0.1, -0.05) is 91.0 Å². The summed E-state index contributed by atoms with van der Waals surface area (Å²) >= 11 is 0. The van der Waals surface area contributed by atoms with Crippen LogP contribution in [0.5, 0.6) is 0 Å². The van der Waals surface area contributed by atoms with Gasteiger partial charge in [-0.2, -0.15) is 0 Å². The van der Waals surface area contributed by atoms with E-state index < -0.39 is 84.7 Å². The van der Waals surface area contributed by atoms with Crippen LogP contribution < -0.4 is 48.7 Å². The number of primary amides is 1. The lowest BCUT2D eigenvalue weighted by Crippen LogP contribution is -2.60. The molecule has 3 aromatic carbocycles. The lowest BCUT2D eigenvalue weighted by Gasteiger charge is -2.27. The highest BCUT2D eigenvalue weighted by Crippen LogP contribution is 2.09. The van der Waals surface area contributed by atoms with Crippen LogP contribution in [0.15, 0.2) is 96.0 Å². The van der Waals surface area contributed by atoms with E-state index in [1.807, 2.05) is 20.2 Å². The molecular weight excluding hydrogens is 799 g/mol. The first kappa shape index (κ1) is 49.5. The van der Waals surface area contributed by atoms with Crippen molar-refractivity contribution >= 4 is 47.3 Å². The summed E-state index contributed by atoms with van der Waals surface area (Å²) in [6.45, 7) is -1.34. The number of aliphatic imine (C=N–C) groups is 1. The molecule has 62 heavy (non-hydrogen) atoms. The number of hydrogen-bond acceptors (Lipinski definition) is 10. The molecule has 3 rings (SSSR count). The number of nitrogens with zero attached hydrogens (tertiary/aromatic N) is 2. The van der Waals surface area contributed by atoms with Crippen molar-refractivity contribution in [2.75, 3.05) is 47.4 Å². The monoisotopic (exact) mass is 857 g/mol. The Morgan fingerprint density at radius 3 is 1.47 bits per heavy atom. The summed E-state index contributed by atoms with van der Waals surface area (Å²) < 4.78 is 0. The summed E-state index contributed by atoms with van der Waals surface area (Å²) in [6, 6.07) is 19.9. The number of guanidine groups is 1. The third kappa shape index (κ3) is 17.4. The highest BCUT2D eigenvalue weighted by atomic mass is 16.3. The Bertz CT molecular complexity index is 1950. The minimum absolute atomic E-state index is 0.00924. The van der Waals surface area contributed by atoms with E-state index in [4.69, 9.17) is 11.5 Å². The van der Waals surface area contributed by atoms with E-state index in [9.17, 15) is 38.7 Å². The number of carbonyl (C=O) groups is 7. The average molecular weight is 858 g/mol. The number of hydrogen-bond donors (Lipinski definition) is 10. The summed E-state index contributed by atoms with van der Waals surface area (Å²) in [5.74, 6) is -4.70. The first-order chi connectivity index (χ1) is 29.7. The Labute approximate surface area is 361 Å². The second-order valence-electron chi connectivity index (χ2n) is 14.5. The normalized spacial score (nSPS) is 13.5. The molecule has 0 aliphatic carbocycles. The van der Waals surface area contributed by atoms with Crippen LogP contribution in [-0.4, -0.2) is 135 Å². The number of rotatable bonds is 24. The Hall–Kier alpha value is -6.86. The van der Waals surface area contributed by atoms with Crippen molar-refractivity contribution in [3.63, 3.8) is 0 Å².